The van der Waals surface area contributed by atoms with Gasteiger partial charge in [0, 0.05) is 19.6 Å². The van der Waals surface area contributed by atoms with Gasteiger partial charge in [0.15, 0.2) is 0 Å². The van der Waals surface area contributed by atoms with Gasteiger partial charge in [0.2, 0.25) is 5.13 Å². The summed E-state index contributed by atoms with van der Waals surface area (Å²) in [6, 6.07) is -0.272. The van der Waals surface area contributed by atoms with E-state index in [9.17, 15) is 4.79 Å². The van der Waals surface area contributed by atoms with Crippen LogP contribution in [0.2, 0.25) is 0 Å². The van der Waals surface area contributed by atoms with Gasteiger partial charge in [0.1, 0.15) is 5.01 Å². The monoisotopic (exact) mass is 300 g/mol. The average molecular weight is 300 g/mol. The molecule has 0 fully saturated rings. The highest BCUT2D eigenvalue weighted by molar-refractivity contribution is 7.15. The number of carbonyl (C=O) groups excluding carboxylic acids is 1. The molecule has 7 heteroatoms. The van der Waals surface area contributed by atoms with Crippen LogP contribution in [0.25, 0.3) is 0 Å². The Morgan fingerprint density at radius 3 is 2.90 bits per heavy atom. The summed E-state index contributed by atoms with van der Waals surface area (Å²) in [6.45, 7) is 4.82. The molecule has 2 amide bonds. The summed E-state index contributed by atoms with van der Waals surface area (Å²) in [5.41, 5.74) is 0. The fourth-order valence-electron chi connectivity index (χ4n) is 1.66. The second-order valence-electron chi connectivity index (χ2n) is 4.91. The van der Waals surface area contributed by atoms with E-state index in [1.165, 1.54) is 24.2 Å². The van der Waals surface area contributed by atoms with Crippen molar-refractivity contribution >= 4 is 22.5 Å². The van der Waals surface area contributed by atoms with Gasteiger partial charge in [0.25, 0.3) is 0 Å². The third-order valence-corrected chi connectivity index (χ3v) is 3.81. The number of aryl methyl sites for hydroxylation is 1. The molecule has 0 aromatic carbocycles. The predicted octanol–water partition coefficient (Wildman–Crippen LogP) is 2.41. The smallest absolute Gasteiger partial charge is 0.321 e. The summed E-state index contributed by atoms with van der Waals surface area (Å²) in [7, 11) is 0. The van der Waals surface area contributed by atoms with Crippen LogP contribution in [-0.2, 0) is 6.42 Å². The maximum Gasteiger partial charge on any atom is 0.321 e. The largest absolute Gasteiger partial charge is 0.396 e. The zero-order chi connectivity index (χ0) is 14.8. The fourth-order valence-corrected chi connectivity index (χ4v) is 2.44. The van der Waals surface area contributed by atoms with Crippen molar-refractivity contribution in [3.05, 3.63) is 5.01 Å². The number of rotatable bonds is 9. The summed E-state index contributed by atoms with van der Waals surface area (Å²) >= 11 is 1.42. The standard InChI is InChI=1S/C13H24N4O2S/c1-3-4-5-6-11-16-17-13(20-11)15-12(19)14-9-10(2)7-8-18/h10,18H,3-9H2,1-2H3,(H2,14,15,17,19). The number of hydrogen-bond donors (Lipinski definition) is 3. The number of amides is 2. The van der Waals surface area contributed by atoms with Crippen LogP contribution in [0.1, 0.15) is 44.5 Å². The van der Waals surface area contributed by atoms with E-state index in [-0.39, 0.29) is 18.6 Å². The minimum Gasteiger partial charge on any atom is -0.396 e. The van der Waals surface area contributed by atoms with Crippen molar-refractivity contribution in [3.8, 4) is 0 Å². The fraction of sp³-hybridized carbons (Fsp3) is 0.769. The van der Waals surface area contributed by atoms with E-state index in [2.05, 4.69) is 27.8 Å². The summed E-state index contributed by atoms with van der Waals surface area (Å²) in [5.74, 6) is 0.254. The molecule has 1 heterocycles. The maximum atomic E-state index is 11.6. The molecular weight excluding hydrogens is 276 g/mol. The van der Waals surface area contributed by atoms with Crippen LogP contribution in [-0.4, -0.2) is 34.5 Å². The highest BCUT2D eigenvalue weighted by atomic mass is 32.1. The van der Waals surface area contributed by atoms with E-state index in [1.807, 2.05) is 6.92 Å². The second-order valence-corrected chi connectivity index (χ2v) is 5.97. The third-order valence-electron chi connectivity index (χ3n) is 2.91. The van der Waals surface area contributed by atoms with Crippen molar-refractivity contribution in [2.24, 2.45) is 5.92 Å². The number of hydrogen-bond acceptors (Lipinski definition) is 5. The Bertz CT molecular complexity index is 397. The number of carbonyl (C=O) groups is 1. The van der Waals surface area contributed by atoms with E-state index in [1.54, 1.807) is 0 Å². The van der Waals surface area contributed by atoms with Gasteiger partial charge in [-0.3, -0.25) is 5.32 Å². The van der Waals surface area contributed by atoms with E-state index < -0.39 is 0 Å². The first-order valence-electron chi connectivity index (χ1n) is 7.13. The van der Waals surface area contributed by atoms with Crippen LogP contribution in [0, 0.1) is 5.92 Å². The molecule has 1 rings (SSSR count). The lowest BCUT2D eigenvalue weighted by atomic mass is 10.1. The number of urea groups is 1. The van der Waals surface area contributed by atoms with Crippen LogP contribution >= 0.6 is 11.3 Å². The molecule has 6 nitrogen and oxygen atoms in total. The molecule has 0 radical (unpaired) electrons. The summed E-state index contributed by atoms with van der Waals surface area (Å²) < 4.78 is 0. The van der Waals surface area contributed by atoms with Crippen molar-refractivity contribution in [1.29, 1.82) is 0 Å². The molecule has 0 aliphatic heterocycles. The van der Waals surface area contributed by atoms with Gasteiger partial charge in [-0.2, -0.15) is 0 Å². The number of nitrogens with one attached hydrogen (secondary N) is 2. The van der Waals surface area contributed by atoms with Gasteiger partial charge >= 0.3 is 6.03 Å². The molecule has 0 bridgehead atoms. The van der Waals surface area contributed by atoms with Crippen LogP contribution in [0.5, 0.6) is 0 Å². The zero-order valence-electron chi connectivity index (χ0n) is 12.2. The van der Waals surface area contributed by atoms with Crippen LogP contribution in [0.3, 0.4) is 0 Å². The molecule has 1 atom stereocenters. The highest BCUT2D eigenvalue weighted by Crippen LogP contribution is 2.17. The number of aliphatic hydroxyl groups excluding tert-OH is 1. The van der Waals surface area contributed by atoms with Gasteiger partial charge in [-0.15, -0.1) is 10.2 Å². The molecule has 0 spiro atoms. The molecule has 1 unspecified atom stereocenters. The van der Waals surface area contributed by atoms with Gasteiger partial charge in [-0.25, -0.2) is 4.79 Å². The minimum atomic E-state index is -0.272. The number of nitrogens with zero attached hydrogens (tertiary/aromatic N) is 2. The van der Waals surface area contributed by atoms with Gasteiger partial charge in [-0.1, -0.05) is 38.0 Å². The molecule has 0 saturated heterocycles. The quantitative estimate of drug-likeness (QED) is 0.611. The predicted molar refractivity (Wildman–Crippen MR) is 81.0 cm³/mol. The molecule has 3 N–H and O–H groups in total. The number of aromatic nitrogens is 2. The van der Waals surface area contributed by atoms with Crippen molar-refractivity contribution in [3.63, 3.8) is 0 Å². The molecule has 0 aliphatic carbocycles. The first-order chi connectivity index (χ1) is 9.65. The van der Waals surface area contributed by atoms with Crippen molar-refractivity contribution < 1.29 is 9.90 Å². The maximum absolute atomic E-state index is 11.6. The van der Waals surface area contributed by atoms with Gasteiger partial charge in [0.05, 0.1) is 0 Å². The van der Waals surface area contributed by atoms with Gasteiger partial charge < -0.3 is 10.4 Å². The molecule has 114 valence electrons. The molecule has 0 saturated carbocycles. The Labute approximate surface area is 124 Å². The Balaban J connectivity index is 2.27. The lowest BCUT2D eigenvalue weighted by Gasteiger charge is -2.10. The summed E-state index contributed by atoms with van der Waals surface area (Å²) in [5, 5.41) is 23.7. The number of aliphatic hydroxyl groups is 1. The Morgan fingerprint density at radius 1 is 1.40 bits per heavy atom. The van der Waals surface area contributed by atoms with Gasteiger partial charge in [-0.05, 0) is 18.8 Å². The van der Waals surface area contributed by atoms with Crippen molar-refractivity contribution in [1.82, 2.24) is 15.5 Å². The third kappa shape index (κ3) is 6.81. The Kier molecular flexibility index (Phi) is 8.13. The summed E-state index contributed by atoms with van der Waals surface area (Å²) in [6.07, 6.45) is 5.07. The first-order valence-corrected chi connectivity index (χ1v) is 7.95. The Morgan fingerprint density at radius 2 is 2.20 bits per heavy atom. The van der Waals surface area contributed by atoms with E-state index >= 15 is 0 Å². The molecule has 20 heavy (non-hydrogen) atoms. The van der Waals surface area contributed by atoms with Crippen LogP contribution < -0.4 is 10.6 Å². The Hall–Kier alpha value is -1.21. The molecule has 1 aromatic rings. The van der Waals surface area contributed by atoms with Crippen molar-refractivity contribution in [2.75, 3.05) is 18.5 Å². The molecule has 0 aliphatic rings. The SMILES string of the molecule is CCCCCc1nnc(NC(=O)NCC(C)CCO)s1. The lowest BCUT2D eigenvalue weighted by Crippen LogP contribution is -2.32. The molecular formula is C13H24N4O2S. The first kappa shape index (κ1) is 16.8. The van der Waals surface area contributed by atoms with E-state index in [0.717, 1.165) is 17.8 Å². The van der Waals surface area contributed by atoms with E-state index in [0.29, 0.717) is 18.1 Å². The highest BCUT2D eigenvalue weighted by Gasteiger charge is 2.09. The number of unbranched alkanes of at least 4 members (excludes halogenated alkanes) is 2. The van der Waals surface area contributed by atoms with Crippen LogP contribution in [0.15, 0.2) is 0 Å². The molecule has 1 aromatic heterocycles. The van der Waals surface area contributed by atoms with E-state index in [4.69, 9.17) is 5.11 Å². The van der Waals surface area contributed by atoms with Crippen LogP contribution in [0.4, 0.5) is 9.93 Å². The number of anilines is 1. The average Bonchev–Trinajstić information content (AvgIpc) is 2.85. The summed E-state index contributed by atoms with van der Waals surface area (Å²) in [4.78, 5) is 11.6. The van der Waals surface area contributed by atoms with Crippen molar-refractivity contribution in [2.45, 2.75) is 46.0 Å². The second kappa shape index (κ2) is 9.66. The topological polar surface area (TPSA) is 87.1 Å². The normalized spacial score (nSPS) is 12.2. The lowest BCUT2D eigenvalue weighted by molar-refractivity contribution is 0.243. The minimum absolute atomic E-state index is 0.141. The zero-order valence-corrected chi connectivity index (χ0v) is 13.0.